The van der Waals surface area contributed by atoms with Crippen LogP contribution < -0.4 is 10.6 Å². The topological polar surface area (TPSA) is 42.9 Å². The normalized spacial score (nSPS) is 18.6. The van der Waals surface area contributed by atoms with Gasteiger partial charge in [-0.1, -0.05) is 13.8 Å². The van der Waals surface area contributed by atoms with Crippen molar-refractivity contribution in [1.29, 1.82) is 0 Å². The summed E-state index contributed by atoms with van der Waals surface area (Å²) in [6, 6.07) is 0. The van der Waals surface area contributed by atoms with Gasteiger partial charge in [0.25, 0.3) is 0 Å². The number of halogens is 4. The van der Waals surface area contributed by atoms with Crippen LogP contribution in [0.5, 0.6) is 0 Å². The van der Waals surface area contributed by atoms with Crippen molar-refractivity contribution in [3.63, 3.8) is 0 Å². The summed E-state index contributed by atoms with van der Waals surface area (Å²) in [5.74, 6) is 0.834. The van der Waals surface area contributed by atoms with Gasteiger partial charge in [-0.05, 0) is 19.4 Å². The van der Waals surface area contributed by atoms with Crippen LogP contribution in [0.2, 0.25) is 0 Å². The highest BCUT2D eigenvalue weighted by Gasteiger charge is 2.26. The van der Waals surface area contributed by atoms with Gasteiger partial charge in [-0.3, -0.25) is 4.99 Å². The van der Waals surface area contributed by atoms with Crippen LogP contribution in [0.1, 0.15) is 27.2 Å². The third kappa shape index (κ3) is 11.8. The number of nitrogens with one attached hydrogen (secondary N) is 2. The van der Waals surface area contributed by atoms with Crippen LogP contribution in [0.25, 0.3) is 0 Å². The molecule has 0 radical (unpaired) electrons. The second kappa shape index (κ2) is 13.0. The summed E-state index contributed by atoms with van der Waals surface area (Å²) in [7, 11) is 0. The molecule has 2 N–H and O–H groups in total. The van der Waals surface area contributed by atoms with Crippen LogP contribution in [0.15, 0.2) is 4.99 Å². The molecule has 150 valence electrons. The van der Waals surface area contributed by atoms with Gasteiger partial charge in [0.2, 0.25) is 0 Å². The quantitative estimate of drug-likeness (QED) is 0.319. The molecule has 1 rings (SSSR count). The van der Waals surface area contributed by atoms with Gasteiger partial charge in [0.1, 0.15) is 0 Å². The molecule has 1 fully saturated rings. The summed E-state index contributed by atoms with van der Waals surface area (Å²) >= 11 is 0. The van der Waals surface area contributed by atoms with Crippen molar-refractivity contribution in [1.82, 2.24) is 20.4 Å². The van der Waals surface area contributed by atoms with Crippen molar-refractivity contribution >= 4 is 29.9 Å². The molecular weight excluding hydrogens is 446 g/mol. The average molecular weight is 479 g/mol. The molecule has 0 aromatic heterocycles. The largest absolute Gasteiger partial charge is 0.390 e. The zero-order valence-corrected chi connectivity index (χ0v) is 17.9. The molecule has 0 bridgehead atoms. The molecule has 0 aliphatic carbocycles. The fourth-order valence-electron chi connectivity index (χ4n) is 2.70. The number of piperazine rings is 1. The van der Waals surface area contributed by atoms with Crippen LogP contribution in [-0.4, -0.2) is 80.8 Å². The third-order valence-electron chi connectivity index (χ3n) is 4.09. The van der Waals surface area contributed by atoms with Crippen molar-refractivity contribution in [2.24, 2.45) is 10.9 Å². The maximum absolute atomic E-state index is 12.2. The molecule has 9 heteroatoms. The molecule has 1 unspecified atom stereocenters. The Bertz CT molecular complexity index is 371. The van der Waals surface area contributed by atoms with Crippen molar-refractivity contribution in [3.8, 4) is 0 Å². The molecule has 0 aromatic rings. The Morgan fingerprint density at radius 1 is 1.08 bits per heavy atom. The average Bonchev–Trinajstić information content (AvgIpc) is 2.52. The maximum atomic E-state index is 12.2. The van der Waals surface area contributed by atoms with E-state index in [-0.39, 0.29) is 30.5 Å². The lowest BCUT2D eigenvalue weighted by Gasteiger charge is -2.35. The standard InChI is InChI=1S/C16H32F3N5.HI/c1-4-20-15(21-7-6-16(17,18)19)22-12-14(3)13-24-10-8-23(5-2)9-11-24;/h14H,4-13H2,1-3H3,(H2,20,21,22);1H. The first-order chi connectivity index (χ1) is 11.3. The highest BCUT2D eigenvalue weighted by molar-refractivity contribution is 14.0. The zero-order valence-electron chi connectivity index (χ0n) is 15.5. The predicted octanol–water partition coefficient (Wildman–Crippen LogP) is 2.39. The first kappa shape index (κ1) is 24.7. The Labute approximate surface area is 166 Å². The first-order valence-electron chi connectivity index (χ1n) is 8.87. The highest BCUT2D eigenvalue weighted by atomic mass is 127. The lowest BCUT2D eigenvalue weighted by molar-refractivity contribution is -0.132. The molecule has 0 spiro atoms. The molecular formula is C16H33F3IN5. The lowest BCUT2D eigenvalue weighted by atomic mass is 10.1. The van der Waals surface area contributed by atoms with E-state index in [4.69, 9.17) is 0 Å². The summed E-state index contributed by atoms with van der Waals surface area (Å²) in [5, 5.41) is 5.74. The number of rotatable bonds is 8. The van der Waals surface area contributed by atoms with Crippen molar-refractivity contribution < 1.29 is 13.2 Å². The molecule has 1 heterocycles. The smallest absolute Gasteiger partial charge is 0.357 e. The number of aliphatic imine (C=N–C) groups is 1. The summed E-state index contributed by atoms with van der Waals surface area (Å²) in [4.78, 5) is 9.30. The van der Waals surface area contributed by atoms with Crippen molar-refractivity contribution in [2.75, 3.05) is 58.9 Å². The summed E-state index contributed by atoms with van der Waals surface area (Å²) in [6.45, 7) is 13.7. The van der Waals surface area contributed by atoms with E-state index in [1.54, 1.807) is 0 Å². The lowest BCUT2D eigenvalue weighted by Crippen LogP contribution is -2.47. The number of hydrogen-bond acceptors (Lipinski definition) is 3. The van der Waals surface area contributed by atoms with Crippen LogP contribution >= 0.6 is 24.0 Å². The number of guanidine groups is 1. The summed E-state index contributed by atoms with van der Waals surface area (Å²) < 4.78 is 36.6. The molecule has 25 heavy (non-hydrogen) atoms. The summed E-state index contributed by atoms with van der Waals surface area (Å²) in [5.41, 5.74) is 0. The minimum Gasteiger partial charge on any atom is -0.357 e. The minimum atomic E-state index is -4.14. The Balaban J connectivity index is 0.00000576. The van der Waals surface area contributed by atoms with E-state index in [0.29, 0.717) is 25.0 Å². The summed E-state index contributed by atoms with van der Waals surface area (Å²) in [6.07, 6.45) is -4.99. The monoisotopic (exact) mass is 479 g/mol. The van der Waals surface area contributed by atoms with Crippen LogP contribution in [0.3, 0.4) is 0 Å². The van der Waals surface area contributed by atoms with Crippen molar-refractivity contribution in [2.45, 2.75) is 33.4 Å². The fraction of sp³-hybridized carbons (Fsp3) is 0.938. The van der Waals surface area contributed by atoms with Gasteiger partial charge in [0, 0.05) is 52.4 Å². The zero-order chi connectivity index (χ0) is 18.0. The number of nitrogens with zero attached hydrogens (tertiary/aromatic N) is 3. The van der Waals surface area contributed by atoms with E-state index in [0.717, 1.165) is 39.3 Å². The van der Waals surface area contributed by atoms with E-state index < -0.39 is 12.6 Å². The van der Waals surface area contributed by atoms with Gasteiger partial charge < -0.3 is 20.4 Å². The Morgan fingerprint density at radius 2 is 1.68 bits per heavy atom. The second-order valence-corrected chi connectivity index (χ2v) is 6.35. The Kier molecular flexibility index (Phi) is 12.8. The Hall–Kier alpha value is -0.290. The molecule has 1 aliphatic rings. The van der Waals surface area contributed by atoms with Crippen LogP contribution in [0, 0.1) is 5.92 Å². The molecule has 1 saturated heterocycles. The third-order valence-corrected chi connectivity index (χ3v) is 4.09. The maximum Gasteiger partial charge on any atom is 0.390 e. The van der Waals surface area contributed by atoms with Gasteiger partial charge in [-0.2, -0.15) is 13.2 Å². The highest BCUT2D eigenvalue weighted by Crippen LogP contribution is 2.18. The number of likely N-dealkylation sites (N-methyl/N-ethyl adjacent to an activating group) is 1. The van der Waals surface area contributed by atoms with E-state index in [1.807, 2.05) is 6.92 Å². The van der Waals surface area contributed by atoms with Gasteiger partial charge in [0.15, 0.2) is 5.96 Å². The van der Waals surface area contributed by atoms with Gasteiger partial charge >= 0.3 is 6.18 Å². The second-order valence-electron chi connectivity index (χ2n) is 6.35. The van der Waals surface area contributed by atoms with E-state index in [9.17, 15) is 13.2 Å². The van der Waals surface area contributed by atoms with Crippen molar-refractivity contribution in [3.05, 3.63) is 0 Å². The molecule has 1 atom stereocenters. The first-order valence-corrected chi connectivity index (χ1v) is 8.87. The molecule has 0 amide bonds. The molecule has 1 aliphatic heterocycles. The van der Waals surface area contributed by atoms with Gasteiger partial charge in [0.05, 0.1) is 6.42 Å². The predicted molar refractivity (Wildman–Crippen MR) is 108 cm³/mol. The molecule has 5 nitrogen and oxygen atoms in total. The molecule has 0 aromatic carbocycles. The number of alkyl halides is 3. The van der Waals surface area contributed by atoms with Crippen LogP contribution in [-0.2, 0) is 0 Å². The Morgan fingerprint density at radius 3 is 2.20 bits per heavy atom. The van der Waals surface area contributed by atoms with Gasteiger partial charge in [-0.25, -0.2) is 0 Å². The minimum absolute atomic E-state index is 0. The van der Waals surface area contributed by atoms with E-state index in [2.05, 4.69) is 39.3 Å². The van der Waals surface area contributed by atoms with E-state index in [1.165, 1.54) is 0 Å². The van der Waals surface area contributed by atoms with E-state index >= 15 is 0 Å². The number of hydrogen-bond donors (Lipinski definition) is 2. The van der Waals surface area contributed by atoms with Gasteiger partial charge in [-0.15, -0.1) is 24.0 Å². The van der Waals surface area contributed by atoms with Crippen LogP contribution in [0.4, 0.5) is 13.2 Å². The fourth-order valence-corrected chi connectivity index (χ4v) is 2.70. The SMILES string of the molecule is CCNC(=NCC(C)CN1CCN(CC)CC1)NCCC(F)(F)F.I. The molecule has 0 saturated carbocycles.